The Morgan fingerprint density at radius 1 is 1.46 bits per heavy atom. The molecule has 0 bridgehead atoms. The van der Waals surface area contributed by atoms with E-state index >= 15 is 0 Å². The molecule has 0 fully saturated rings. The van der Waals surface area contributed by atoms with Gasteiger partial charge >= 0.3 is 0 Å². The van der Waals surface area contributed by atoms with Gasteiger partial charge in [0.2, 0.25) is 0 Å². The van der Waals surface area contributed by atoms with Crippen LogP contribution in [0.4, 0.5) is 0 Å². The number of allylic oxidation sites excluding steroid dienone is 1. The van der Waals surface area contributed by atoms with Gasteiger partial charge in [-0.05, 0) is 26.8 Å². The molecule has 2 heterocycles. The number of hydrogen-bond acceptors (Lipinski definition) is 4. The van der Waals surface area contributed by atoms with Crippen LogP contribution in [0.1, 0.15) is 19.5 Å². The highest BCUT2D eigenvalue weighted by Crippen LogP contribution is 2.03. The molecule has 1 atom stereocenters. The minimum absolute atomic E-state index is 0.389. The minimum atomic E-state index is 0.389. The van der Waals surface area contributed by atoms with Crippen LogP contribution in [0.5, 0.6) is 0 Å². The number of nitrogens with one attached hydrogen (secondary N) is 1. The lowest BCUT2D eigenvalue weighted by molar-refractivity contribution is 0.121. The SMILES string of the molecule is CC1=CC(C)NO1.Cc1ccon1. The first-order chi connectivity index (χ1) is 6.18. The molecule has 1 N–H and O–H groups in total. The molecule has 0 spiro atoms. The molecule has 0 saturated carbocycles. The number of nitrogens with zero attached hydrogens (tertiary/aromatic N) is 1. The van der Waals surface area contributed by atoms with Crippen molar-refractivity contribution in [3.05, 3.63) is 29.9 Å². The second-order valence-electron chi connectivity index (χ2n) is 2.93. The van der Waals surface area contributed by atoms with E-state index < -0.39 is 0 Å². The lowest BCUT2D eigenvalue weighted by Gasteiger charge is -1.96. The Morgan fingerprint density at radius 2 is 2.23 bits per heavy atom. The van der Waals surface area contributed by atoms with E-state index in [0.29, 0.717) is 6.04 Å². The van der Waals surface area contributed by atoms with Crippen LogP contribution in [0.25, 0.3) is 0 Å². The van der Waals surface area contributed by atoms with Gasteiger partial charge in [0.25, 0.3) is 0 Å². The summed E-state index contributed by atoms with van der Waals surface area (Å²) in [5.74, 6) is 0.965. The Balaban J connectivity index is 0.000000132. The molecule has 0 radical (unpaired) electrons. The third kappa shape index (κ3) is 3.75. The summed E-state index contributed by atoms with van der Waals surface area (Å²) in [5.41, 5.74) is 3.70. The molecule has 0 aromatic carbocycles. The summed E-state index contributed by atoms with van der Waals surface area (Å²) in [6.07, 6.45) is 3.58. The van der Waals surface area contributed by atoms with Crippen molar-refractivity contribution in [2.45, 2.75) is 26.8 Å². The Kier molecular flexibility index (Phi) is 3.52. The highest BCUT2D eigenvalue weighted by molar-refractivity contribution is 4.98. The van der Waals surface area contributed by atoms with E-state index in [0.717, 1.165) is 11.5 Å². The van der Waals surface area contributed by atoms with Crippen molar-refractivity contribution in [2.24, 2.45) is 0 Å². The lowest BCUT2D eigenvalue weighted by Crippen LogP contribution is -2.15. The number of hydroxylamine groups is 1. The molecule has 1 aliphatic heterocycles. The average Bonchev–Trinajstić information content (AvgIpc) is 2.64. The summed E-state index contributed by atoms with van der Waals surface area (Å²) >= 11 is 0. The molecule has 0 aliphatic carbocycles. The van der Waals surface area contributed by atoms with E-state index in [1.165, 1.54) is 0 Å². The van der Waals surface area contributed by atoms with Gasteiger partial charge in [0.05, 0.1) is 11.7 Å². The number of aryl methyl sites for hydroxylation is 1. The smallest absolute Gasteiger partial charge is 0.124 e. The van der Waals surface area contributed by atoms with Crippen LogP contribution in [0.2, 0.25) is 0 Å². The fourth-order valence-electron chi connectivity index (χ4n) is 0.879. The summed E-state index contributed by atoms with van der Waals surface area (Å²) in [4.78, 5) is 4.88. The maximum atomic E-state index is 4.88. The van der Waals surface area contributed by atoms with Crippen molar-refractivity contribution in [2.75, 3.05) is 0 Å². The molecule has 4 nitrogen and oxygen atoms in total. The maximum Gasteiger partial charge on any atom is 0.124 e. The second kappa shape index (κ2) is 4.67. The van der Waals surface area contributed by atoms with E-state index in [1.54, 1.807) is 12.3 Å². The fraction of sp³-hybridized carbons (Fsp3) is 0.444. The number of hydrogen-bond donors (Lipinski definition) is 1. The van der Waals surface area contributed by atoms with Crippen molar-refractivity contribution >= 4 is 0 Å². The van der Waals surface area contributed by atoms with Crippen molar-refractivity contribution < 1.29 is 9.36 Å². The summed E-state index contributed by atoms with van der Waals surface area (Å²) < 4.78 is 4.46. The van der Waals surface area contributed by atoms with E-state index in [1.807, 2.05) is 26.8 Å². The Labute approximate surface area is 77.5 Å². The Hall–Kier alpha value is -1.29. The van der Waals surface area contributed by atoms with Crippen LogP contribution in [-0.2, 0) is 4.84 Å². The molecule has 1 aliphatic rings. The predicted octanol–water partition coefficient (Wildman–Crippen LogP) is 1.80. The molecule has 72 valence electrons. The maximum absolute atomic E-state index is 4.88. The molecule has 0 amide bonds. The van der Waals surface area contributed by atoms with E-state index in [4.69, 9.17) is 4.84 Å². The van der Waals surface area contributed by atoms with E-state index in [9.17, 15) is 0 Å². The normalized spacial score (nSPS) is 19.9. The molecule has 1 aromatic rings. The molecule has 1 unspecified atom stereocenters. The van der Waals surface area contributed by atoms with Gasteiger partial charge in [0, 0.05) is 6.07 Å². The van der Waals surface area contributed by atoms with Gasteiger partial charge in [-0.2, -0.15) is 5.48 Å². The van der Waals surface area contributed by atoms with E-state index in [2.05, 4.69) is 15.2 Å². The number of aromatic nitrogens is 1. The van der Waals surface area contributed by atoms with Crippen molar-refractivity contribution in [3.8, 4) is 0 Å². The van der Waals surface area contributed by atoms with Crippen LogP contribution >= 0.6 is 0 Å². The summed E-state index contributed by atoms with van der Waals surface area (Å²) in [6, 6.07) is 2.19. The van der Waals surface area contributed by atoms with Gasteiger partial charge in [-0.15, -0.1) is 0 Å². The monoisotopic (exact) mass is 182 g/mol. The fourth-order valence-corrected chi connectivity index (χ4v) is 0.879. The first-order valence-corrected chi connectivity index (χ1v) is 4.16. The third-order valence-corrected chi connectivity index (χ3v) is 1.46. The molecule has 4 heteroatoms. The zero-order chi connectivity index (χ0) is 9.68. The van der Waals surface area contributed by atoms with Gasteiger partial charge < -0.3 is 9.36 Å². The van der Waals surface area contributed by atoms with Crippen LogP contribution in [-0.4, -0.2) is 11.2 Å². The first kappa shape index (κ1) is 9.80. The topological polar surface area (TPSA) is 47.3 Å². The Bertz CT molecular complexity index is 267. The summed E-state index contributed by atoms with van der Waals surface area (Å²) in [7, 11) is 0. The molecular formula is C9H14N2O2. The van der Waals surface area contributed by atoms with Gasteiger partial charge in [0.1, 0.15) is 12.0 Å². The van der Waals surface area contributed by atoms with Crippen LogP contribution in [0, 0.1) is 6.92 Å². The van der Waals surface area contributed by atoms with Gasteiger partial charge in [0.15, 0.2) is 0 Å². The van der Waals surface area contributed by atoms with Crippen molar-refractivity contribution in [1.82, 2.24) is 10.6 Å². The van der Waals surface area contributed by atoms with Crippen LogP contribution in [0.15, 0.2) is 28.7 Å². The molecule has 13 heavy (non-hydrogen) atoms. The highest BCUT2D eigenvalue weighted by atomic mass is 16.7. The average molecular weight is 182 g/mol. The van der Waals surface area contributed by atoms with Crippen molar-refractivity contribution in [3.63, 3.8) is 0 Å². The zero-order valence-corrected chi connectivity index (χ0v) is 8.07. The first-order valence-electron chi connectivity index (χ1n) is 4.16. The van der Waals surface area contributed by atoms with E-state index in [-0.39, 0.29) is 0 Å². The van der Waals surface area contributed by atoms with Gasteiger partial charge in [-0.1, -0.05) is 5.16 Å². The standard InChI is InChI=1S/C5H9NO.C4H5NO/c1-4-3-5(2)7-6-4;1-4-2-3-6-5-4/h3-4,6H,1-2H3;2-3H,1H3. The van der Waals surface area contributed by atoms with Crippen LogP contribution in [0.3, 0.4) is 0 Å². The minimum Gasteiger partial charge on any atom is -0.413 e. The summed E-state index contributed by atoms with van der Waals surface area (Å²) in [6.45, 7) is 5.84. The second-order valence-corrected chi connectivity index (χ2v) is 2.93. The predicted molar refractivity (Wildman–Crippen MR) is 48.7 cm³/mol. The third-order valence-electron chi connectivity index (χ3n) is 1.46. The molecule has 2 rings (SSSR count). The molecule has 0 saturated heterocycles. The number of rotatable bonds is 0. The Morgan fingerprint density at radius 3 is 2.38 bits per heavy atom. The summed E-state index contributed by atoms with van der Waals surface area (Å²) in [5, 5.41) is 3.54. The van der Waals surface area contributed by atoms with Crippen molar-refractivity contribution in [1.29, 1.82) is 0 Å². The zero-order valence-electron chi connectivity index (χ0n) is 8.07. The molecule has 1 aromatic heterocycles. The quantitative estimate of drug-likeness (QED) is 0.664. The van der Waals surface area contributed by atoms with Gasteiger partial charge in [-0.3, -0.25) is 0 Å². The highest BCUT2D eigenvalue weighted by Gasteiger charge is 2.05. The van der Waals surface area contributed by atoms with Gasteiger partial charge in [-0.25, -0.2) is 0 Å². The lowest BCUT2D eigenvalue weighted by atomic mass is 10.3. The molecular weight excluding hydrogens is 168 g/mol. The largest absolute Gasteiger partial charge is 0.413 e. The van der Waals surface area contributed by atoms with Crippen LogP contribution < -0.4 is 5.48 Å².